The maximum atomic E-state index is 12.1. The molecule has 0 aliphatic heterocycles. The molecule has 4 heteroatoms. The molecule has 0 spiro atoms. The summed E-state index contributed by atoms with van der Waals surface area (Å²) < 4.78 is 0. The molecule has 1 amide bonds. The van der Waals surface area contributed by atoms with Crippen LogP contribution in [0.3, 0.4) is 0 Å². The zero-order chi connectivity index (χ0) is 16.9. The molecule has 0 fully saturated rings. The van der Waals surface area contributed by atoms with E-state index in [0.717, 1.165) is 38.6 Å². The van der Waals surface area contributed by atoms with Crippen LogP contribution in [0, 0.1) is 11.3 Å². The molecule has 0 saturated heterocycles. The van der Waals surface area contributed by atoms with Crippen molar-refractivity contribution in [3.05, 3.63) is 41.6 Å². The van der Waals surface area contributed by atoms with Crippen molar-refractivity contribution in [2.45, 2.75) is 52.4 Å². The molecule has 0 aliphatic carbocycles. The Balaban J connectivity index is 2.52. The molecule has 2 N–H and O–H groups in total. The molecule has 0 atom stereocenters. The summed E-state index contributed by atoms with van der Waals surface area (Å²) in [5.41, 5.74) is 2.07. The summed E-state index contributed by atoms with van der Waals surface area (Å²) in [6, 6.07) is 9.74. The number of hydrogen-bond donors (Lipinski definition) is 2. The smallest absolute Gasteiger partial charge is 0.267 e. The fourth-order valence-electron chi connectivity index (χ4n) is 2.13. The minimum atomic E-state index is -0.378. The lowest BCUT2D eigenvalue weighted by Crippen LogP contribution is -2.17. The summed E-state index contributed by atoms with van der Waals surface area (Å²) in [7, 11) is 0. The molecule has 0 heterocycles. The van der Waals surface area contributed by atoms with Crippen LogP contribution in [0.4, 0.5) is 5.69 Å². The SMILES string of the molecule is CCCCCN/C=C(/C#N)C(=O)Nc1ccc(CCCC)cc1. The molecule has 0 aliphatic rings. The van der Waals surface area contributed by atoms with Crippen molar-refractivity contribution in [3.63, 3.8) is 0 Å². The Morgan fingerprint density at radius 3 is 2.43 bits per heavy atom. The summed E-state index contributed by atoms with van der Waals surface area (Å²) in [5, 5.41) is 14.9. The Labute approximate surface area is 139 Å². The van der Waals surface area contributed by atoms with Crippen LogP contribution >= 0.6 is 0 Å². The maximum absolute atomic E-state index is 12.1. The number of nitrogens with zero attached hydrogens (tertiary/aromatic N) is 1. The first kappa shape index (κ1) is 18.8. The highest BCUT2D eigenvalue weighted by molar-refractivity contribution is 6.06. The second-order valence-electron chi connectivity index (χ2n) is 5.59. The first-order chi connectivity index (χ1) is 11.2. The third kappa shape index (κ3) is 7.51. The number of nitriles is 1. The van der Waals surface area contributed by atoms with E-state index in [-0.39, 0.29) is 11.5 Å². The van der Waals surface area contributed by atoms with E-state index in [9.17, 15) is 4.79 Å². The van der Waals surface area contributed by atoms with Crippen LogP contribution < -0.4 is 10.6 Å². The van der Waals surface area contributed by atoms with Gasteiger partial charge in [-0.1, -0.05) is 45.2 Å². The molecule has 0 aromatic heterocycles. The molecule has 0 bridgehead atoms. The highest BCUT2D eigenvalue weighted by Crippen LogP contribution is 2.12. The Kier molecular flexibility index (Phi) is 9.23. The Morgan fingerprint density at radius 1 is 1.13 bits per heavy atom. The first-order valence-corrected chi connectivity index (χ1v) is 8.45. The van der Waals surface area contributed by atoms with E-state index < -0.39 is 0 Å². The lowest BCUT2D eigenvalue weighted by molar-refractivity contribution is -0.112. The molecule has 124 valence electrons. The number of anilines is 1. The van der Waals surface area contributed by atoms with Gasteiger partial charge in [0.1, 0.15) is 11.6 Å². The van der Waals surface area contributed by atoms with Crippen molar-refractivity contribution >= 4 is 11.6 Å². The second-order valence-corrected chi connectivity index (χ2v) is 5.59. The minimum Gasteiger partial charge on any atom is -0.390 e. The van der Waals surface area contributed by atoms with Crippen molar-refractivity contribution in [2.24, 2.45) is 0 Å². The predicted molar refractivity (Wildman–Crippen MR) is 94.9 cm³/mol. The maximum Gasteiger partial charge on any atom is 0.267 e. The number of nitrogens with one attached hydrogen (secondary N) is 2. The third-order valence-corrected chi connectivity index (χ3v) is 3.57. The van der Waals surface area contributed by atoms with Gasteiger partial charge in [-0.3, -0.25) is 4.79 Å². The van der Waals surface area contributed by atoms with Gasteiger partial charge in [-0.2, -0.15) is 5.26 Å². The Hall–Kier alpha value is -2.28. The lowest BCUT2D eigenvalue weighted by atomic mass is 10.1. The highest BCUT2D eigenvalue weighted by atomic mass is 16.1. The average Bonchev–Trinajstić information content (AvgIpc) is 2.57. The summed E-state index contributed by atoms with van der Waals surface area (Å²) in [6.07, 6.45) is 8.20. The van der Waals surface area contributed by atoms with Crippen LogP contribution in [0.1, 0.15) is 51.5 Å². The molecule has 1 aromatic rings. The number of hydrogen-bond acceptors (Lipinski definition) is 3. The summed E-state index contributed by atoms with van der Waals surface area (Å²) in [6.45, 7) is 5.08. The predicted octanol–water partition coefficient (Wildman–Crippen LogP) is 4.15. The van der Waals surface area contributed by atoms with Gasteiger partial charge in [-0.25, -0.2) is 0 Å². The van der Waals surface area contributed by atoms with Crippen molar-refractivity contribution in [1.29, 1.82) is 5.26 Å². The number of rotatable bonds is 10. The Bertz CT molecular complexity index is 541. The van der Waals surface area contributed by atoms with Gasteiger partial charge in [0.15, 0.2) is 0 Å². The first-order valence-electron chi connectivity index (χ1n) is 8.45. The summed E-state index contributed by atoms with van der Waals surface area (Å²) >= 11 is 0. The van der Waals surface area contributed by atoms with Crippen molar-refractivity contribution in [1.82, 2.24) is 5.32 Å². The van der Waals surface area contributed by atoms with E-state index in [0.29, 0.717) is 5.69 Å². The number of carbonyl (C=O) groups excluding carboxylic acids is 1. The topological polar surface area (TPSA) is 64.9 Å². The minimum absolute atomic E-state index is 0.0940. The lowest BCUT2D eigenvalue weighted by Gasteiger charge is -2.06. The van der Waals surface area contributed by atoms with Crippen molar-refractivity contribution in [2.75, 3.05) is 11.9 Å². The van der Waals surface area contributed by atoms with Gasteiger partial charge in [-0.05, 0) is 37.0 Å². The fraction of sp³-hybridized carbons (Fsp3) is 0.474. The highest BCUT2D eigenvalue weighted by Gasteiger charge is 2.08. The van der Waals surface area contributed by atoms with Gasteiger partial charge in [0.2, 0.25) is 0 Å². The number of unbranched alkanes of at least 4 members (excludes halogenated alkanes) is 3. The van der Waals surface area contributed by atoms with E-state index >= 15 is 0 Å². The standard InChI is InChI=1S/C19H27N3O/c1-3-5-7-13-21-15-17(14-20)19(23)22-18-11-9-16(10-12-18)8-6-4-2/h9-12,15,21H,3-8,13H2,1-2H3,(H,22,23)/b17-15-. The number of benzene rings is 1. The van der Waals surface area contributed by atoms with Crippen molar-refractivity contribution in [3.8, 4) is 6.07 Å². The molecule has 23 heavy (non-hydrogen) atoms. The van der Waals surface area contributed by atoms with Crippen LogP contribution in [-0.2, 0) is 11.2 Å². The quantitative estimate of drug-likeness (QED) is 0.387. The van der Waals surface area contributed by atoms with Gasteiger partial charge in [0.25, 0.3) is 5.91 Å². The van der Waals surface area contributed by atoms with Crippen LogP contribution in [0.25, 0.3) is 0 Å². The van der Waals surface area contributed by atoms with Crippen molar-refractivity contribution < 1.29 is 4.79 Å². The van der Waals surface area contributed by atoms with E-state index in [4.69, 9.17) is 5.26 Å². The molecule has 1 rings (SSSR count). The van der Waals surface area contributed by atoms with E-state index in [1.807, 2.05) is 30.3 Å². The molecule has 0 radical (unpaired) electrons. The molecular formula is C19H27N3O. The average molecular weight is 313 g/mol. The molecule has 0 unspecified atom stereocenters. The third-order valence-electron chi connectivity index (χ3n) is 3.57. The van der Waals surface area contributed by atoms with Gasteiger partial charge in [-0.15, -0.1) is 0 Å². The number of amides is 1. The van der Waals surface area contributed by atoms with Crippen LogP contribution in [0.2, 0.25) is 0 Å². The normalized spacial score (nSPS) is 10.9. The number of aryl methyl sites for hydroxylation is 1. The van der Waals surface area contributed by atoms with Crippen LogP contribution in [-0.4, -0.2) is 12.5 Å². The van der Waals surface area contributed by atoms with Gasteiger partial charge >= 0.3 is 0 Å². The van der Waals surface area contributed by atoms with Gasteiger partial charge in [0.05, 0.1) is 0 Å². The van der Waals surface area contributed by atoms with Crippen LogP contribution in [0.5, 0.6) is 0 Å². The molecule has 4 nitrogen and oxygen atoms in total. The second kappa shape index (κ2) is 11.3. The molecule has 0 saturated carbocycles. The van der Waals surface area contributed by atoms with E-state index in [1.54, 1.807) is 0 Å². The van der Waals surface area contributed by atoms with Crippen LogP contribution in [0.15, 0.2) is 36.0 Å². The molecule has 1 aromatic carbocycles. The number of carbonyl (C=O) groups is 1. The monoisotopic (exact) mass is 313 g/mol. The van der Waals surface area contributed by atoms with E-state index in [2.05, 4.69) is 24.5 Å². The Morgan fingerprint density at radius 2 is 1.83 bits per heavy atom. The summed E-state index contributed by atoms with van der Waals surface area (Å²) in [4.78, 5) is 12.1. The van der Waals surface area contributed by atoms with Gasteiger partial charge < -0.3 is 10.6 Å². The summed E-state index contributed by atoms with van der Waals surface area (Å²) in [5.74, 6) is -0.378. The largest absolute Gasteiger partial charge is 0.390 e. The van der Waals surface area contributed by atoms with E-state index in [1.165, 1.54) is 18.2 Å². The fourth-order valence-corrected chi connectivity index (χ4v) is 2.13. The zero-order valence-corrected chi connectivity index (χ0v) is 14.2. The van der Waals surface area contributed by atoms with Gasteiger partial charge in [0, 0.05) is 18.4 Å². The molecular weight excluding hydrogens is 286 g/mol. The zero-order valence-electron chi connectivity index (χ0n) is 14.2.